The molecule has 2 N–H and O–H groups in total. The molecule has 4 aromatic rings. The Labute approximate surface area is 362 Å². The average Bonchev–Trinajstić information content (AvgIpc) is 3.25. The number of quaternary nitrogens is 2. The summed E-state index contributed by atoms with van der Waals surface area (Å²) in [6.07, 6.45) is 7.41. The van der Waals surface area contributed by atoms with Gasteiger partial charge in [-0.15, -0.1) is 0 Å². The minimum absolute atomic E-state index is 0.121. The fraction of sp³-hybridized carbons (Fsp3) is 0.451. The zero-order chi connectivity index (χ0) is 43.6. The number of carbonyl (C=O) groups is 2. The molecule has 0 saturated carbocycles. The highest BCUT2D eigenvalue weighted by molar-refractivity contribution is 5.91. The van der Waals surface area contributed by atoms with Crippen molar-refractivity contribution in [1.82, 2.24) is 0 Å². The highest BCUT2D eigenvalue weighted by atomic mass is 16.5. The van der Waals surface area contributed by atoms with E-state index in [1.807, 2.05) is 6.92 Å². The molecule has 0 radical (unpaired) electrons. The van der Waals surface area contributed by atoms with E-state index in [4.69, 9.17) is 28.4 Å². The van der Waals surface area contributed by atoms with Gasteiger partial charge in [0.15, 0.2) is 23.0 Å². The number of esters is 2. The van der Waals surface area contributed by atoms with E-state index in [0.29, 0.717) is 30.6 Å². The highest BCUT2D eigenvalue weighted by Crippen LogP contribution is 2.37. The molecule has 0 bridgehead atoms. The smallest absolute Gasteiger partial charge is 0.331 e. The van der Waals surface area contributed by atoms with E-state index in [2.05, 4.69) is 82.3 Å². The largest absolute Gasteiger partial charge is 0.493 e. The van der Waals surface area contributed by atoms with Crippen LogP contribution in [0, 0.1) is 34.6 Å². The lowest BCUT2D eigenvalue weighted by molar-refractivity contribution is -0.934. The number of hydrogen-bond donors (Lipinski definition) is 2. The van der Waals surface area contributed by atoms with Gasteiger partial charge < -0.3 is 38.2 Å². The zero-order valence-corrected chi connectivity index (χ0v) is 37.8. The lowest BCUT2D eigenvalue weighted by Crippen LogP contribution is -3.13. The molecule has 61 heavy (non-hydrogen) atoms. The first-order chi connectivity index (χ1) is 29.4. The van der Waals surface area contributed by atoms with Gasteiger partial charge in [0, 0.05) is 61.8 Å². The van der Waals surface area contributed by atoms with Crippen molar-refractivity contribution in [3.05, 3.63) is 128 Å². The van der Waals surface area contributed by atoms with Gasteiger partial charge in [-0.05, 0) is 109 Å². The van der Waals surface area contributed by atoms with Crippen LogP contribution in [0.15, 0.2) is 66.7 Å². The van der Waals surface area contributed by atoms with Gasteiger partial charge in [-0.2, -0.15) is 0 Å². The molecule has 0 spiro atoms. The lowest BCUT2D eigenvalue weighted by Gasteiger charge is -2.35. The normalized spacial score (nSPS) is 18.2. The number of fused-ring (bicyclic) bond motifs is 2. The van der Waals surface area contributed by atoms with Crippen molar-refractivity contribution >= 4 is 11.9 Å². The minimum atomic E-state index is -0.554. The number of nitrogens with one attached hydrogen (secondary N) is 2. The minimum Gasteiger partial charge on any atom is -0.493 e. The molecule has 4 aromatic carbocycles. The highest BCUT2D eigenvalue weighted by Gasteiger charge is 2.34. The van der Waals surface area contributed by atoms with Gasteiger partial charge in [-0.1, -0.05) is 30.3 Å². The fourth-order valence-electron chi connectivity index (χ4n) is 9.33. The predicted octanol–water partition coefficient (Wildman–Crippen LogP) is 5.84. The molecule has 10 heteroatoms. The number of rotatable bonds is 18. The van der Waals surface area contributed by atoms with E-state index in [9.17, 15) is 9.59 Å². The van der Waals surface area contributed by atoms with Crippen molar-refractivity contribution < 1.29 is 47.8 Å². The maximum atomic E-state index is 12.7. The van der Waals surface area contributed by atoms with E-state index in [-0.39, 0.29) is 12.6 Å². The predicted molar refractivity (Wildman–Crippen MR) is 238 cm³/mol. The molecule has 0 aromatic heterocycles. The van der Waals surface area contributed by atoms with Crippen LogP contribution in [-0.2, 0) is 44.7 Å². The summed E-state index contributed by atoms with van der Waals surface area (Å²) in [7, 11) is 6.64. The molecule has 2 unspecified atom stereocenters. The van der Waals surface area contributed by atoms with Gasteiger partial charge in [0.05, 0.1) is 67.8 Å². The third kappa shape index (κ3) is 11.1. The first kappa shape index (κ1) is 45.2. The second-order valence-electron chi connectivity index (χ2n) is 16.8. The molecule has 0 fully saturated rings. The summed E-state index contributed by atoms with van der Waals surface area (Å²) in [5.74, 6) is 1.78. The molecule has 2 aliphatic heterocycles. The van der Waals surface area contributed by atoms with Crippen LogP contribution in [-0.4, -0.2) is 79.8 Å². The third-order valence-corrected chi connectivity index (χ3v) is 12.9. The van der Waals surface area contributed by atoms with Crippen LogP contribution in [0.25, 0.3) is 0 Å². The Kier molecular flexibility index (Phi) is 15.5. The van der Waals surface area contributed by atoms with Crippen LogP contribution in [0.1, 0.15) is 86.1 Å². The van der Waals surface area contributed by atoms with Crippen LogP contribution < -0.4 is 28.7 Å². The Balaban J connectivity index is 0.998. The second-order valence-corrected chi connectivity index (χ2v) is 16.8. The Morgan fingerprint density at radius 2 is 1.07 bits per heavy atom. The molecule has 6 rings (SSSR count). The standard InChI is InChI=1S/C51H64N2O8/c1-33-12-13-38(24-34(33)2)28-44-42-27-36(4)35(3)26-40(42)16-20-52(44)18-10-22-60-49(54)14-15-50(55)61-23-11-19-53-21-17-41-31-46(56-6)47(57-7)32-43(41)45(53)29-39-25-37(5)51(59-9)48(30-39)58-8/h12-15,24-27,30-32,44-45H,10-11,16-23,28-29H2,1-9H3/p+2/b15-14-/t44-,45-/m1/s1. The molecular weight excluding hydrogens is 769 g/mol. The van der Waals surface area contributed by atoms with Crippen molar-refractivity contribution in [2.45, 2.75) is 85.2 Å². The molecule has 0 aliphatic carbocycles. The van der Waals surface area contributed by atoms with Crippen molar-refractivity contribution in [3.63, 3.8) is 0 Å². The molecule has 0 saturated heterocycles. The average molecular weight is 835 g/mol. The summed E-state index contributed by atoms with van der Waals surface area (Å²) < 4.78 is 33.7. The SMILES string of the molecule is COc1cc2c(cc1OC)[C@@H](Cc1cc(C)c(OC)c(OC)c1)[NH+](CCCOC(=O)/C=C\C(=O)OCCC[NH+]1CCc3cc(C)c(C)cc3[C@H]1Cc1ccc(C)c(C)c1)CC2. The number of carbonyl (C=O) groups excluding carboxylic acids is 2. The monoisotopic (exact) mass is 834 g/mol. The van der Waals surface area contributed by atoms with Crippen LogP contribution >= 0.6 is 0 Å². The maximum Gasteiger partial charge on any atom is 0.331 e. The van der Waals surface area contributed by atoms with Gasteiger partial charge in [0.25, 0.3) is 0 Å². The Hall–Kier alpha value is -5.32. The third-order valence-electron chi connectivity index (χ3n) is 12.9. The van der Waals surface area contributed by atoms with Gasteiger partial charge in [0.2, 0.25) is 0 Å². The van der Waals surface area contributed by atoms with Gasteiger partial charge in [0.1, 0.15) is 12.1 Å². The van der Waals surface area contributed by atoms with Gasteiger partial charge in [-0.25, -0.2) is 9.59 Å². The molecule has 10 nitrogen and oxygen atoms in total. The Bertz CT molecular complexity index is 2210. The molecule has 2 heterocycles. The van der Waals surface area contributed by atoms with Crippen molar-refractivity contribution in [1.29, 1.82) is 0 Å². The summed E-state index contributed by atoms with van der Waals surface area (Å²) in [5, 5.41) is 0. The van der Waals surface area contributed by atoms with E-state index in [1.54, 1.807) is 28.4 Å². The molecule has 326 valence electrons. The van der Waals surface area contributed by atoms with E-state index >= 15 is 0 Å². The van der Waals surface area contributed by atoms with Crippen molar-refractivity contribution in [2.24, 2.45) is 0 Å². The first-order valence-electron chi connectivity index (χ1n) is 21.8. The number of ether oxygens (including phenoxy) is 6. The zero-order valence-electron chi connectivity index (χ0n) is 37.8. The fourth-order valence-corrected chi connectivity index (χ4v) is 9.33. The first-order valence-corrected chi connectivity index (χ1v) is 21.8. The van der Waals surface area contributed by atoms with Crippen molar-refractivity contribution in [3.8, 4) is 23.0 Å². The van der Waals surface area contributed by atoms with Crippen LogP contribution in [0.4, 0.5) is 0 Å². The van der Waals surface area contributed by atoms with Crippen LogP contribution in [0.2, 0.25) is 0 Å². The Morgan fingerprint density at radius 1 is 0.557 bits per heavy atom. The Morgan fingerprint density at radius 3 is 1.64 bits per heavy atom. The van der Waals surface area contributed by atoms with E-state index < -0.39 is 11.9 Å². The van der Waals surface area contributed by atoms with Crippen LogP contribution in [0.3, 0.4) is 0 Å². The summed E-state index contributed by atoms with van der Waals surface area (Å²) in [4.78, 5) is 28.2. The van der Waals surface area contributed by atoms with Gasteiger partial charge in [-0.3, -0.25) is 0 Å². The van der Waals surface area contributed by atoms with Gasteiger partial charge >= 0.3 is 11.9 Å². The van der Waals surface area contributed by atoms with E-state index in [1.165, 1.54) is 72.0 Å². The summed E-state index contributed by atoms with van der Waals surface area (Å²) in [6, 6.07) is 20.4. The second kappa shape index (κ2) is 21.0. The summed E-state index contributed by atoms with van der Waals surface area (Å²) in [5.41, 5.74) is 14.2. The lowest BCUT2D eigenvalue weighted by atomic mass is 9.85. The molecular formula is C51H66N2O8+2. The molecule has 0 amide bonds. The topological polar surface area (TPSA) is 98.4 Å². The van der Waals surface area contributed by atoms with Crippen LogP contribution in [0.5, 0.6) is 23.0 Å². The number of hydrogen-bond acceptors (Lipinski definition) is 8. The quantitative estimate of drug-likeness (QED) is 0.0735. The van der Waals surface area contributed by atoms with Crippen molar-refractivity contribution in [2.75, 3.05) is 67.8 Å². The summed E-state index contributed by atoms with van der Waals surface area (Å²) in [6.45, 7) is 14.9. The number of methoxy groups -OCH3 is 4. The number of benzene rings is 4. The molecule has 2 aliphatic rings. The number of aryl methyl sites for hydroxylation is 5. The van der Waals surface area contributed by atoms with E-state index in [0.717, 1.165) is 80.9 Å². The molecule has 4 atom stereocenters. The maximum absolute atomic E-state index is 12.7. The summed E-state index contributed by atoms with van der Waals surface area (Å²) >= 11 is 0.